The quantitative estimate of drug-likeness (QED) is 0.428. The van der Waals surface area contributed by atoms with Gasteiger partial charge >= 0.3 is 0 Å². The van der Waals surface area contributed by atoms with E-state index in [1.165, 1.54) is 12.3 Å². The normalized spacial score (nSPS) is 10.8. The van der Waals surface area contributed by atoms with Gasteiger partial charge in [-0.25, -0.2) is 0 Å². The highest BCUT2D eigenvalue weighted by Gasteiger charge is 2.11. The van der Waals surface area contributed by atoms with Crippen molar-refractivity contribution in [2.75, 3.05) is 20.8 Å². The van der Waals surface area contributed by atoms with Gasteiger partial charge in [-0.3, -0.25) is 15.1 Å². The molecule has 0 spiro atoms. The average Bonchev–Trinajstić information content (AvgIpc) is 2.60. The van der Waals surface area contributed by atoms with E-state index in [0.717, 1.165) is 11.6 Å². The highest BCUT2D eigenvalue weighted by atomic mass is 35.5. The molecule has 0 amide bonds. The zero-order valence-electron chi connectivity index (χ0n) is 13.7. The molecule has 0 aliphatic rings. The first-order valence-corrected chi connectivity index (χ1v) is 7.69. The summed E-state index contributed by atoms with van der Waals surface area (Å²) in [6, 6.07) is 7.92. The highest BCUT2D eigenvalue weighted by molar-refractivity contribution is 6.31. The molecule has 25 heavy (non-hydrogen) atoms. The van der Waals surface area contributed by atoms with E-state index in [1.54, 1.807) is 20.3 Å². The van der Waals surface area contributed by atoms with Crippen LogP contribution in [0.15, 0.2) is 35.3 Å². The Kier molecular flexibility index (Phi) is 6.19. The lowest BCUT2D eigenvalue weighted by Gasteiger charge is -2.11. The van der Waals surface area contributed by atoms with Crippen molar-refractivity contribution >= 4 is 23.5 Å². The van der Waals surface area contributed by atoms with E-state index in [1.807, 2.05) is 12.1 Å². The van der Waals surface area contributed by atoms with Crippen molar-refractivity contribution in [1.29, 1.82) is 0 Å². The third-order valence-electron chi connectivity index (χ3n) is 3.47. The van der Waals surface area contributed by atoms with Crippen LogP contribution in [0.4, 0.5) is 5.69 Å². The van der Waals surface area contributed by atoms with Gasteiger partial charge in [0.2, 0.25) is 0 Å². The van der Waals surface area contributed by atoms with E-state index in [9.17, 15) is 15.2 Å². The number of hydrogen-bond donors (Lipinski definition) is 0. The number of halogens is 1. The Balaban J connectivity index is 2.08. The number of hydrogen-bond acceptors (Lipinski definition) is 6. The van der Waals surface area contributed by atoms with Gasteiger partial charge in [-0.15, -0.1) is 0 Å². The molecule has 0 unspecified atom stereocenters. The van der Waals surface area contributed by atoms with Gasteiger partial charge in [-0.2, -0.15) is 0 Å². The third-order valence-corrected chi connectivity index (χ3v) is 3.69. The van der Waals surface area contributed by atoms with Gasteiger partial charge in [0.25, 0.3) is 5.69 Å². The molecule has 0 saturated carbocycles. The summed E-state index contributed by atoms with van der Waals surface area (Å²) in [4.78, 5) is 14.2. The molecule has 132 valence electrons. The largest absolute Gasteiger partial charge is 0.867 e. The van der Waals surface area contributed by atoms with Crippen LogP contribution >= 0.6 is 11.6 Å². The van der Waals surface area contributed by atoms with Gasteiger partial charge in [-0.05, 0) is 41.5 Å². The first-order chi connectivity index (χ1) is 12.0. The first-order valence-electron chi connectivity index (χ1n) is 7.32. The van der Waals surface area contributed by atoms with Crippen LogP contribution in [0.1, 0.15) is 11.1 Å². The van der Waals surface area contributed by atoms with Gasteiger partial charge in [-0.1, -0.05) is 17.7 Å². The molecule has 8 heteroatoms. The number of rotatable bonds is 7. The van der Waals surface area contributed by atoms with E-state index < -0.39 is 16.4 Å². The van der Waals surface area contributed by atoms with Gasteiger partial charge in [0, 0.05) is 23.8 Å². The summed E-state index contributed by atoms with van der Waals surface area (Å²) in [6.45, 7) is 0.398. The van der Waals surface area contributed by atoms with E-state index >= 15 is 0 Å². The molecule has 2 aromatic carbocycles. The number of benzene rings is 2. The minimum absolute atomic E-state index is 0.0894. The van der Waals surface area contributed by atoms with Crippen molar-refractivity contribution in [3.05, 3.63) is 56.6 Å². The maximum absolute atomic E-state index is 12.0. The first kappa shape index (κ1) is 18.5. The molecule has 2 aromatic rings. The summed E-state index contributed by atoms with van der Waals surface area (Å²) in [5.74, 6) is 0.553. The fourth-order valence-corrected chi connectivity index (χ4v) is 2.44. The minimum Gasteiger partial charge on any atom is -0.867 e. The molecule has 0 fully saturated rings. The number of ether oxygens (including phenoxy) is 2. The van der Waals surface area contributed by atoms with E-state index in [4.69, 9.17) is 21.1 Å². The number of aliphatic imine (C=N–C) groups is 1. The van der Waals surface area contributed by atoms with E-state index in [0.29, 0.717) is 24.5 Å². The summed E-state index contributed by atoms with van der Waals surface area (Å²) >= 11 is 5.81. The Hall–Kier alpha value is -2.80. The average molecular weight is 364 g/mol. The number of methoxy groups -OCH3 is 2. The molecule has 0 radical (unpaired) electrons. The van der Waals surface area contributed by atoms with Crippen LogP contribution in [0.3, 0.4) is 0 Å². The molecule has 0 atom stereocenters. The zero-order chi connectivity index (χ0) is 18.4. The van der Waals surface area contributed by atoms with Crippen molar-refractivity contribution in [1.82, 2.24) is 0 Å². The smallest absolute Gasteiger partial charge is 0.263 e. The molecular formula is C17H16ClN2O5-. The third kappa shape index (κ3) is 4.60. The van der Waals surface area contributed by atoms with Crippen LogP contribution < -0.4 is 14.6 Å². The van der Waals surface area contributed by atoms with Crippen molar-refractivity contribution < 1.29 is 19.5 Å². The number of nitrogens with zero attached hydrogens (tertiary/aromatic N) is 2. The highest BCUT2D eigenvalue weighted by Crippen LogP contribution is 2.30. The van der Waals surface area contributed by atoms with Crippen molar-refractivity contribution in [2.45, 2.75) is 6.42 Å². The number of nitro groups is 1. The second kappa shape index (κ2) is 8.34. The second-order valence-corrected chi connectivity index (χ2v) is 5.51. The maximum Gasteiger partial charge on any atom is 0.263 e. The van der Waals surface area contributed by atoms with Crippen LogP contribution in [0.2, 0.25) is 5.02 Å². The van der Waals surface area contributed by atoms with Crippen LogP contribution in [-0.2, 0) is 6.42 Å². The van der Waals surface area contributed by atoms with Gasteiger partial charge in [0.1, 0.15) is 0 Å². The Morgan fingerprint density at radius 3 is 2.56 bits per heavy atom. The van der Waals surface area contributed by atoms with E-state index in [-0.39, 0.29) is 10.6 Å². The van der Waals surface area contributed by atoms with Crippen molar-refractivity contribution in [2.24, 2.45) is 4.99 Å². The van der Waals surface area contributed by atoms with Crippen LogP contribution in [0.25, 0.3) is 0 Å². The molecule has 0 aliphatic carbocycles. The van der Waals surface area contributed by atoms with Crippen LogP contribution in [0, 0.1) is 10.1 Å². The molecule has 0 bridgehead atoms. The van der Waals surface area contributed by atoms with Crippen LogP contribution in [-0.4, -0.2) is 31.9 Å². The lowest BCUT2D eigenvalue weighted by atomic mass is 10.1. The van der Waals surface area contributed by atoms with Crippen molar-refractivity contribution in [3.8, 4) is 17.2 Å². The molecule has 0 aliphatic heterocycles. The lowest BCUT2D eigenvalue weighted by molar-refractivity contribution is -0.398. The van der Waals surface area contributed by atoms with E-state index in [2.05, 4.69) is 4.99 Å². The van der Waals surface area contributed by atoms with Crippen molar-refractivity contribution in [3.63, 3.8) is 0 Å². The summed E-state index contributed by atoms with van der Waals surface area (Å²) in [5, 5.41) is 22.9. The summed E-state index contributed by atoms with van der Waals surface area (Å²) in [6.07, 6.45) is 1.91. The topological polar surface area (TPSA) is 97.0 Å². The summed E-state index contributed by atoms with van der Waals surface area (Å²) in [7, 11) is 3.12. The Labute approximate surface area is 149 Å². The van der Waals surface area contributed by atoms with Gasteiger partial charge in [0.15, 0.2) is 11.5 Å². The van der Waals surface area contributed by atoms with Gasteiger partial charge < -0.3 is 14.6 Å². The molecule has 2 rings (SSSR count). The minimum atomic E-state index is -0.755. The Bertz CT molecular complexity index is 808. The maximum atomic E-state index is 12.0. The molecule has 0 aromatic heterocycles. The predicted octanol–water partition coefficient (Wildman–Crippen LogP) is 3.00. The standard InChI is InChI=1S/C17H17ClN2O5/c1-24-15-4-3-11(7-16(15)25-2)5-6-19-10-12-8-13(18)9-14(17(12)21)20(22)23/h3-4,7-10,21H,5-6H2,1-2H3/p-1. The molecule has 0 heterocycles. The van der Waals surface area contributed by atoms with Gasteiger partial charge in [0.05, 0.1) is 19.1 Å². The molecule has 0 N–H and O–H groups in total. The molecule has 7 nitrogen and oxygen atoms in total. The predicted molar refractivity (Wildman–Crippen MR) is 93.3 cm³/mol. The van der Waals surface area contributed by atoms with Crippen LogP contribution in [0.5, 0.6) is 17.2 Å². The number of nitro benzene ring substituents is 1. The molecular weight excluding hydrogens is 348 g/mol. The second-order valence-electron chi connectivity index (χ2n) is 5.07. The Morgan fingerprint density at radius 1 is 1.20 bits per heavy atom. The Morgan fingerprint density at radius 2 is 1.92 bits per heavy atom. The zero-order valence-corrected chi connectivity index (χ0v) is 14.4. The monoisotopic (exact) mass is 363 g/mol. The lowest BCUT2D eigenvalue weighted by Crippen LogP contribution is -2.02. The SMILES string of the molecule is COc1ccc(CCN=Cc2cc(Cl)cc([N+](=O)[O-])c2[O-])cc1OC. The fourth-order valence-electron chi connectivity index (χ4n) is 2.22. The fraction of sp³-hybridized carbons (Fsp3) is 0.235. The summed E-state index contributed by atoms with van der Waals surface area (Å²) in [5.41, 5.74) is 0.509. The summed E-state index contributed by atoms with van der Waals surface area (Å²) < 4.78 is 10.4. The molecule has 0 saturated heterocycles.